The van der Waals surface area contributed by atoms with Crippen LogP contribution in [0.25, 0.3) is 0 Å². The fraction of sp³-hybridized carbons (Fsp3) is 0.188. The smallest absolute Gasteiger partial charge is 0.252 e. The Bertz CT molecular complexity index is 552. The standard InChI is InChI=1S/C16H17NO3/c1-20-15-9-7-13(8-10-15)11-17(16(19)12-18)14-5-3-2-4-6-14/h2-10,18H,11-12H2,1H3. The van der Waals surface area contributed by atoms with Gasteiger partial charge in [0.2, 0.25) is 0 Å². The van der Waals surface area contributed by atoms with Gasteiger partial charge in [0.25, 0.3) is 5.91 Å². The molecule has 0 fully saturated rings. The van der Waals surface area contributed by atoms with Crippen LogP contribution in [-0.4, -0.2) is 24.7 Å². The Balaban J connectivity index is 2.21. The van der Waals surface area contributed by atoms with Gasteiger partial charge in [-0.15, -0.1) is 0 Å². The van der Waals surface area contributed by atoms with Gasteiger partial charge in [-0.3, -0.25) is 4.79 Å². The average molecular weight is 271 g/mol. The van der Waals surface area contributed by atoms with Crippen LogP contribution in [0.4, 0.5) is 5.69 Å². The zero-order valence-electron chi connectivity index (χ0n) is 11.3. The van der Waals surface area contributed by atoms with E-state index in [1.54, 1.807) is 12.0 Å². The summed E-state index contributed by atoms with van der Waals surface area (Å²) in [5, 5.41) is 9.12. The van der Waals surface area contributed by atoms with Gasteiger partial charge in [-0.2, -0.15) is 0 Å². The van der Waals surface area contributed by atoms with Crippen molar-refractivity contribution < 1.29 is 14.6 Å². The zero-order chi connectivity index (χ0) is 14.4. The number of aliphatic hydroxyl groups excluding tert-OH is 1. The largest absolute Gasteiger partial charge is 0.497 e. The number of amides is 1. The highest BCUT2D eigenvalue weighted by molar-refractivity contribution is 5.94. The van der Waals surface area contributed by atoms with E-state index in [-0.39, 0.29) is 5.91 Å². The van der Waals surface area contributed by atoms with E-state index in [1.165, 1.54) is 0 Å². The predicted molar refractivity (Wildman–Crippen MR) is 77.7 cm³/mol. The molecule has 2 aromatic rings. The second-order valence-corrected chi connectivity index (χ2v) is 4.32. The molecule has 4 nitrogen and oxygen atoms in total. The summed E-state index contributed by atoms with van der Waals surface area (Å²) in [5.74, 6) is 0.445. The maximum Gasteiger partial charge on any atom is 0.252 e. The van der Waals surface area contributed by atoms with Gasteiger partial charge < -0.3 is 14.7 Å². The van der Waals surface area contributed by atoms with Crippen molar-refractivity contribution in [2.24, 2.45) is 0 Å². The first kappa shape index (κ1) is 14.1. The van der Waals surface area contributed by atoms with E-state index in [0.717, 1.165) is 17.0 Å². The molecule has 0 saturated carbocycles. The first-order chi connectivity index (χ1) is 9.74. The third-order valence-electron chi connectivity index (χ3n) is 3.00. The SMILES string of the molecule is COc1ccc(CN(C(=O)CO)c2ccccc2)cc1. The normalized spacial score (nSPS) is 10.1. The molecule has 2 aromatic carbocycles. The molecule has 0 heterocycles. The number of rotatable bonds is 5. The Hall–Kier alpha value is -2.33. The van der Waals surface area contributed by atoms with Gasteiger partial charge in [0, 0.05) is 5.69 Å². The molecule has 4 heteroatoms. The Kier molecular flexibility index (Phi) is 4.74. The van der Waals surface area contributed by atoms with Crippen molar-refractivity contribution in [3.8, 4) is 5.75 Å². The molecule has 104 valence electrons. The van der Waals surface area contributed by atoms with Crippen LogP contribution in [0.15, 0.2) is 54.6 Å². The van der Waals surface area contributed by atoms with Gasteiger partial charge >= 0.3 is 0 Å². The lowest BCUT2D eigenvalue weighted by Crippen LogP contribution is -2.32. The molecule has 0 unspecified atom stereocenters. The molecule has 0 saturated heterocycles. The number of ether oxygens (including phenoxy) is 1. The molecule has 2 rings (SSSR count). The van der Waals surface area contributed by atoms with E-state index in [9.17, 15) is 4.79 Å². The summed E-state index contributed by atoms with van der Waals surface area (Å²) in [4.78, 5) is 13.4. The van der Waals surface area contributed by atoms with Gasteiger partial charge in [-0.05, 0) is 29.8 Å². The minimum Gasteiger partial charge on any atom is -0.497 e. The van der Waals surface area contributed by atoms with Crippen molar-refractivity contribution in [3.63, 3.8) is 0 Å². The molecule has 0 radical (unpaired) electrons. The Morgan fingerprint density at radius 2 is 1.75 bits per heavy atom. The fourth-order valence-corrected chi connectivity index (χ4v) is 1.93. The third-order valence-corrected chi connectivity index (χ3v) is 3.00. The number of nitrogens with zero attached hydrogens (tertiary/aromatic N) is 1. The number of methoxy groups -OCH3 is 1. The van der Waals surface area contributed by atoms with Crippen LogP contribution >= 0.6 is 0 Å². The lowest BCUT2D eigenvalue weighted by atomic mass is 10.2. The summed E-state index contributed by atoms with van der Waals surface area (Å²) in [6.45, 7) is -0.0988. The number of para-hydroxylation sites is 1. The quantitative estimate of drug-likeness (QED) is 0.907. The number of hydrogen-bond donors (Lipinski definition) is 1. The summed E-state index contributed by atoms with van der Waals surface area (Å²) in [6, 6.07) is 16.8. The van der Waals surface area contributed by atoms with Crippen molar-refractivity contribution in [1.29, 1.82) is 0 Å². The number of carbonyl (C=O) groups is 1. The second-order valence-electron chi connectivity index (χ2n) is 4.32. The highest BCUT2D eigenvalue weighted by Crippen LogP contribution is 2.18. The lowest BCUT2D eigenvalue weighted by molar-refractivity contribution is -0.121. The van der Waals surface area contributed by atoms with Crippen LogP contribution in [0, 0.1) is 0 Å². The van der Waals surface area contributed by atoms with Gasteiger partial charge in [0.1, 0.15) is 12.4 Å². The molecule has 20 heavy (non-hydrogen) atoms. The molecule has 0 spiro atoms. The van der Waals surface area contributed by atoms with Crippen molar-refractivity contribution in [3.05, 3.63) is 60.2 Å². The van der Waals surface area contributed by atoms with Crippen LogP contribution in [0.3, 0.4) is 0 Å². The predicted octanol–water partition coefficient (Wildman–Crippen LogP) is 2.22. The molecule has 0 aliphatic carbocycles. The topological polar surface area (TPSA) is 49.8 Å². The third kappa shape index (κ3) is 3.36. The summed E-state index contributed by atoms with van der Waals surface area (Å²) in [6.07, 6.45) is 0. The van der Waals surface area contributed by atoms with Gasteiger partial charge in [0.15, 0.2) is 0 Å². The van der Waals surface area contributed by atoms with Crippen molar-refractivity contribution >= 4 is 11.6 Å². The number of benzene rings is 2. The zero-order valence-corrected chi connectivity index (χ0v) is 11.3. The molecular weight excluding hydrogens is 254 g/mol. The van der Waals surface area contributed by atoms with Crippen LogP contribution in [0.1, 0.15) is 5.56 Å². The lowest BCUT2D eigenvalue weighted by Gasteiger charge is -2.22. The monoisotopic (exact) mass is 271 g/mol. The summed E-state index contributed by atoms with van der Waals surface area (Å²) in [7, 11) is 1.61. The van der Waals surface area contributed by atoms with Crippen LogP contribution in [0.2, 0.25) is 0 Å². The minimum absolute atomic E-state index is 0.327. The van der Waals surface area contributed by atoms with E-state index in [4.69, 9.17) is 9.84 Å². The number of anilines is 1. The molecule has 0 aromatic heterocycles. The van der Waals surface area contributed by atoms with E-state index < -0.39 is 6.61 Å². The summed E-state index contributed by atoms with van der Waals surface area (Å²) >= 11 is 0. The van der Waals surface area contributed by atoms with Gasteiger partial charge in [-0.25, -0.2) is 0 Å². The highest BCUT2D eigenvalue weighted by Gasteiger charge is 2.14. The first-order valence-corrected chi connectivity index (χ1v) is 6.34. The molecule has 0 bridgehead atoms. The second kappa shape index (κ2) is 6.73. The molecule has 0 atom stereocenters. The van der Waals surface area contributed by atoms with E-state index in [2.05, 4.69) is 0 Å². The summed E-state index contributed by atoms with van der Waals surface area (Å²) < 4.78 is 5.11. The number of hydrogen-bond acceptors (Lipinski definition) is 3. The molecular formula is C16H17NO3. The van der Waals surface area contributed by atoms with E-state index in [1.807, 2.05) is 54.6 Å². The summed E-state index contributed by atoms with van der Waals surface area (Å²) in [5.41, 5.74) is 1.74. The molecule has 0 aliphatic rings. The number of aliphatic hydroxyl groups is 1. The van der Waals surface area contributed by atoms with E-state index in [0.29, 0.717) is 6.54 Å². The van der Waals surface area contributed by atoms with E-state index >= 15 is 0 Å². The van der Waals surface area contributed by atoms with Crippen molar-refractivity contribution in [1.82, 2.24) is 0 Å². The van der Waals surface area contributed by atoms with Crippen LogP contribution in [-0.2, 0) is 11.3 Å². The Labute approximate surface area is 118 Å². The molecule has 0 aliphatic heterocycles. The van der Waals surface area contributed by atoms with Crippen LogP contribution < -0.4 is 9.64 Å². The van der Waals surface area contributed by atoms with Gasteiger partial charge in [-0.1, -0.05) is 30.3 Å². The fourth-order valence-electron chi connectivity index (χ4n) is 1.93. The minimum atomic E-state index is -0.509. The average Bonchev–Trinajstić information content (AvgIpc) is 2.53. The van der Waals surface area contributed by atoms with Crippen molar-refractivity contribution in [2.45, 2.75) is 6.54 Å². The number of carbonyl (C=O) groups excluding carboxylic acids is 1. The maximum atomic E-state index is 11.9. The first-order valence-electron chi connectivity index (χ1n) is 6.34. The molecule has 1 amide bonds. The van der Waals surface area contributed by atoms with Crippen LogP contribution in [0.5, 0.6) is 5.75 Å². The molecule has 1 N–H and O–H groups in total. The Morgan fingerprint density at radius 3 is 2.30 bits per heavy atom. The Morgan fingerprint density at radius 1 is 1.10 bits per heavy atom. The maximum absolute atomic E-state index is 11.9. The van der Waals surface area contributed by atoms with Gasteiger partial charge in [0.05, 0.1) is 13.7 Å². The van der Waals surface area contributed by atoms with Crippen molar-refractivity contribution in [2.75, 3.05) is 18.6 Å². The highest BCUT2D eigenvalue weighted by atomic mass is 16.5.